The Bertz CT molecular complexity index is 630. The minimum atomic E-state index is 0.579. The first-order valence-electron chi connectivity index (χ1n) is 6.99. The molecule has 0 spiro atoms. The number of hydrogen-bond donors (Lipinski definition) is 1. The Balaban J connectivity index is 2.14. The molecule has 0 aliphatic heterocycles. The van der Waals surface area contributed by atoms with Crippen LogP contribution in [0.3, 0.4) is 0 Å². The summed E-state index contributed by atoms with van der Waals surface area (Å²) in [6.07, 6.45) is 1.09. The second kappa shape index (κ2) is 6.41. The molecule has 2 aromatic rings. The number of aromatic nitrogens is 2. The molecule has 0 saturated carbocycles. The number of benzene rings is 1. The van der Waals surface area contributed by atoms with Gasteiger partial charge in [0.2, 0.25) is 0 Å². The number of ether oxygens (including phenoxy) is 1. The summed E-state index contributed by atoms with van der Waals surface area (Å²) in [5.41, 5.74) is 2.18. The van der Waals surface area contributed by atoms with E-state index in [9.17, 15) is 0 Å². The van der Waals surface area contributed by atoms with Crippen molar-refractivity contribution < 1.29 is 4.74 Å². The Hall–Kier alpha value is -1.33. The van der Waals surface area contributed by atoms with E-state index >= 15 is 0 Å². The first-order valence-corrected chi connectivity index (χ1v) is 7.40. The Labute approximate surface area is 125 Å². The van der Waals surface area contributed by atoms with Gasteiger partial charge in [-0.15, -0.1) is 0 Å². The maximum atomic E-state index is 5.42. The Morgan fingerprint density at radius 1 is 1.40 bits per heavy atom. The van der Waals surface area contributed by atoms with Crippen LogP contribution in [0, 0.1) is 4.77 Å². The number of nitrogens with one attached hydrogen (secondary N) is 1. The molecule has 110 valence electrons. The van der Waals surface area contributed by atoms with Gasteiger partial charge in [-0.05, 0) is 58.2 Å². The van der Waals surface area contributed by atoms with Crippen molar-refractivity contribution in [3.63, 3.8) is 0 Å². The Morgan fingerprint density at radius 2 is 2.15 bits per heavy atom. The van der Waals surface area contributed by atoms with Gasteiger partial charge in [-0.1, -0.05) is 0 Å². The summed E-state index contributed by atoms with van der Waals surface area (Å²) in [4.78, 5) is 5.60. The molecule has 5 heteroatoms. The molecule has 20 heavy (non-hydrogen) atoms. The summed E-state index contributed by atoms with van der Waals surface area (Å²) in [7, 11) is 3.83. The first-order chi connectivity index (χ1) is 9.52. The third kappa shape index (κ3) is 3.22. The maximum Gasteiger partial charge on any atom is 0.178 e. The normalized spacial score (nSPS) is 11.7. The van der Waals surface area contributed by atoms with Crippen LogP contribution in [0.4, 0.5) is 0 Å². The van der Waals surface area contributed by atoms with Gasteiger partial charge in [-0.2, -0.15) is 0 Å². The Kier molecular flexibility index (Phi) is 4.83. The van der Waals surface area contributed by atoms with Gasteiger partial charge in [0.25, 0.3) is 0 Å². The lowest BCUT2D eigenvalue weighted by Gasteiger charge is -2.20. The standard InChI is InChI=1S/C15H23N3OS/c1-11(2)17(3)8-5-9-18-14-7-6-12(19-4)10-13(14)16-15(18)20/h6-7,10-11H,5,8-9H2,1-4H3,(H,16,20). The Morgan fingerprint density at radius 3 is 2.80 bits per heavy atom. The summed E-state index contributed by atoms with van der Waals surface area (Å²) >= 11 is 5.42. The van der Waals surface area contributed by atoms with Crippen molar-refractivity contribution in [1.29, 1.82) is 0 Å². The monoisotopic (exact) mass is 293 g/mol. The summed E-state index contributed by atoms with van der Waals surface area (Å²) < 4.78 is 8.18. The van der Waals surface area contributed by atoms with Crippen molar-refractivity contribution in [3.05, 3.63) is 23.0 Å². The molecule has 0 saturated heterocycles. The van der Waals surface area contributed by atoms with Crippen LogP contribution in [0.5, 0.6) is 5.75 Å². The van der Waals surface area contributed by atoms with Gasteiger partial charge in [0.15, 0.2) is 4.77 Å². The topological polar surface area (TPSA) is 33.2 Å². The van der Waals surface area contributed by atoms with E-state index in [0.717, 1.165) is 41.1 Å². The molecule has 1 N–H and O–H groups in total. The molecule has 0 atom stereocenters. The van der Waals surface area contributed by atoms with Gasteiger partial charge < -0.3 is 19.2 Å². The van der Waals surface area contributed by atoms with Crippen molar-refractivity contribution in [2.45, 2.75) is 32.9 Å². The fraction of sp³-hybridized carbons (Fsp3) is 0.533. The summed E-state index contributed by atoms with van der Waals surface area (Å²) in [6.45, 7) is 6.43. The average molecular weight is 293 g/mol. The summed E-state index contributed by atoms with van der Waals surface area (Å²) in [6, 6.07) is 6.60. The lowest BCUT2D eigenvalue weighted by Crippen LogP contribution is -2.27. The highest BCUT2D eigenvalue weighted by Gasteiger charge is 2.07. The van der Waals surface area contributed by atoms with Crippen LogP contribution < -0.4 is 4.74 Å². The van der Waals surface area contributed by atoms with E-state index in [1.165, 1.54) is 0 Å². The largest absolute Gasteiger partial charge is 0.497 e. The van der Waals surface area contributed by atoms with Gasteiger partial charge >= 0.3 is 0 Å². The van der Waals surface area contributed by atoms with Crippen molar-refractivity contribution >= 4 is 23.3 Å². The zero-order valence-electron chi connectivity index (χ0n) is 12.6. The molecule has 1 aromatic carbocycles. The molecule has 0 aliphatic rings. The zero-order valence-corrected chi connectivity index (χ0v) is 13.5. The van der Waals surface area contributed by atoms with Gasteiger partial charge in [0.1, 0.15) is 5.75 Å². The van der Waals surface area contributed by atoms with E-state index in [-0.39, 0.29) is 0 Å². The van der Waals surface area contributed by atoms with Crippen molar-refractivity contribution in [3.8, 4) is 5.75 Å². The van der Waals surface area contributed by atoms with E-state index in [2.05, 4.69) is 41.4 Å². The van der Waals surface area contributed by atoms with Gasteiger partial charge in [-0.3, -0.25) is 0 Å². The number of imidazole rings is 1. The molecule has 1 heterocycles. The molecule has 0 aliphatic carbocycles. The van der Waals surface area contributed by atoms with Gasteiger partial charge in [-0.25, -0.2) is 0 Å². The van der Waals surface area contributed by atoms with Crippen LogP contribution in [0.15, 0.2) is 18.2 Å². The van der Waals surface area contributed by atoms with Crippen molar-refractivity contribution in [1.82, 2.24) is 14.5 Å². The molecule has 0 unspecified atom stereocenters. The van der Waals surface area contributed by atoms with E-state index in [0.29, 0.717) is 6.04 Å². The smallest absolute Gasteiger partial charge is 0.178 e. The minimum Gasteiger partial charge on any atom is -0.497 e. The van der Waals surface area contributed by atoms with E-state index in [1.807, 2.05) is 12.1 Å². The molecular formula is C15H23N3OS. The third-order valence-corrected chi connectivity index (χ3v) is 4.08. The van der Waals surface area contributed by atoms with Crippen molar-refractivity contribution in [2.75, 3.05) is 20.7 Å². The van der Waals surface area contributed by atoms with Gasteiger partial charge in [0, 0.05) is 18.7 Å². The summed E-state index contributed by atoms with van der Waals surface area (Å²) in [5, 5.41) is 0. The van der Waals surface area contributed by atoms with E-state index < -0.39 is 0 Å². The number of methoxy groups -OCH3 is 1. The molecule has 0 bridgehead atoms. The zero-order chi connectivity index (χ0) is 14.7. The minimum absolute atomic E-state index is 0.579. The number of aromatic amines is 1. The summed E-state index contributed by atoms with van der Waals surface area (Å²) in [5.74, 6) is 0.848. The maximum absolute atomic E-state index is 5.42. The van der Waals surface area contributed by atoms with Crippen molar-refractivity contribution in [2.24, 2.45) is 0 Å². The molecule has 0 fully saturated rings. The highest BCUT2D eigenvalue weighted by Crippen LogP contribution is 2.20. The van der Waals surface area contributed by atoms with E-state index in [4.69, 9.17) is 17.0 Å². The SMILES string of the molecule is COc1ccc2c(c1)[nH]c(=S)n2CCCN(C)C(C)C. The number of fused-ring (bicyclic) bond motifs is 1. The van der Waals surface area contributed by atoms with Crippen LogP contribution in [0.25, 0.3) is 11.0 Å². The third-order valence-electron chi connectivity index (χ3n) is 3.76. The number of aryl methyl sites for hydroxylation is 1. The lowest BCUT2D eigenvalue weighted by molar-refractivity contribution is 0.266. The number of rotatable bonds is 6. The molecular weight excluding hydrogens is 270 g/mol. The van der Waals surface area contributed by atoms with Crippen LogP contribution >= 0.6 is 12.2 Å². The van der Waals surface area contributed by atoms with Gasteiger partial charge in [0.05, 0.1) is 18.1 Å². The van der Waals surface area contributed by atoms with Crippen LogP contribution in [-0.4, -0.2) is 41.2 Å². The number of hydrogen-bond acceptors (Lipinski definition) is 3. The second-order valence-corrected chi connectivity index (χ2v) is 5.78. The fourth-order valence-electron chi connectivity index (χ4n) is 2.23. The molecule has 1 aromatic heterocycles. The second-order valence-electron chi connectivity index (χ2n) is 5.39. The average Bonchev–Trinajstić information content (AvgIpc) is 2.73. The molecule has 0 radical (unpaired) electrons. The lowest BCUT2D eigenvalue weighted by atomic mass is 10.3. The van der Waals surface area contributed by atoms with Crippen LogP contribution in [0.2, 0.25) is 0 Å². The molecule has 0 amide bonds. The first kappa shape index (κ1) is 15.1. The fourth-order valence-corrected chi connectivity index (χ4v) is 2.53. The predicted octanol–water partition coefficient (Wildman–Crippen LogP) is 3.44. The predicted molar refractivity (Wildman–Crippen MR) is 86.1 cm³/mol. The highest BCUT2D eigenvalue weighted by molar-refractivity contribution is 7.71. The number of nitrogens with zero attached hydrogens (tertiary/aromatic N) is 2. The molecule has 4 nitrogen and oxygen atoms in total. The molecule has 2 rings (SSSR count). The highest BCUT2D eigenvalue weighted by atomic mass is 32.1. The van der Waals surface area contributed by atoms with Crippen LogP contribution in [-0.2, 0) is 6.54 Å². The van der Waals surface area contributed by atoms with E-state index in [1.54, 1.807) is 7.11 Å². The number of H-pyrrole nitrogens is 1. The quantitative estimate of drug-likeness (QED) is 0.828. The van der Waals surface area contributed by atoms with Crippen LogP contribution in [0.1, 0.15) is 20.3 Å².